The molecule has 21 heavy (non-hydrogen) atoms. The molecule has 0 bridgehead atoms. The molecule has 0 radical (unpaired) electrons. The Morgan fingerprint density at radius 2 is 2.00 bits per heavy atom. The van der Waals surface area contributed by atoms with E-state index in [2.05, 4.69) is 35.6 Å². The summed E-state index contributed by atoms with van der Waals surface area (Å²) in [6.07, 6.45) is 1.07. The smallest absolute Gasteiger partial charge is 0.374 e. The zero-order valence-electron chi connectivity index (χ0n) is 12.7. The molecule has 0 aliphatic heterocycles. The second kappa shape index (κ2) is 6.52. The monoisotopic (exact) mass is 287 g/mol. The van der Waals surface area contributed by atoms with Gasteiger partial charge in [-0.2, -0.15) is 0 Å². The number of carboxylic acid groups (broad SMARTS) is 1. The minimum absolute atomic E-state index is 0.147. The first-order valence-electron chi connectivity index (χ1n) is 7.31. The maximum absolute atomic E-state index is 11.2. The van der Waals surface area contributed by atoms with Crippen molar-refractivity contribution in [1.82, 2.24) is 9.97 Å². The highest BCUT2D eigenvalue weighted by Crippen LogP contribution is 2.24. The van der Waals surface area contributed by atoms with E-state index in [0.717, 1.165) is 24.9 Å². The predicted molar refractivity (Wildman–Crippen MR) is 83.8 cm³/mol. The molecule has 0 saturated carbocycles. The second-order valence-corrected chi connectivity index (χ2v) is 5.25. The molecule has 112 valence electrons. The number of anilines is 1. The van der Waals surface area contributed by atoms with Gasteiger partial charge in [0.25, 0.3) is 0 Å². The zero-order valence-corrected chi connectivity index (χ0v) is 12.7. The lowest BCUT2D eigenvalue weighted by Gasteiger charge is -2.26. The number of benzene rings is 1. The number of hydrogen-bond donors (Lipinski definition) is 1. The van der Waals surface area contributed by atoms with Gasteiger partial charge in [-0.25, -0.2) is 14.8 Å². The topological polar surface area (TPSA) is 66.3 Å². The summed E-state index contributed by atoms with van der Waals surface area (Å²) >= 11 is 0. The molecule has 2 rings (SSSR count). The first-order valence-corrected chi connectivity index (χ1v) is 7.31. The van der Waals surface area contributed by atoms with Gasteiger partial charge < -0.3 is 10.0 Å². The molecular weight excluding hydrogens is 266 g/mol. The summed E-state index contributed by atoms with van der Waals surface area (Å²) in [5, 5.41) is 10.1. The van der Waals surface area contributed by atoms with E-state index >= 15 is 0 Å². The van der Waals surface area contributed by atoms with Crippen molar-refractivity contribution in [3.8, 4) is 0 Å². The van der Waals surface area contributed by atoms with Gasteiger partial charge in [-0.15, -0.1) is 0 Å². The molecule has 2 aromatic rings. The Hall–Kier alpha value is -2.17. The van der Waals surface area contributed by atoms with Crippen molar-refractivity contribution in [2.45, 2.75) is 27.2 Å². The summed E-state index contributed by atoms with van der Waals surface area (Å²) in [5.41, 5.74) is 0.669. The second-order valence-electron chi connectivity index (χ2n) is 5.25. The molecule has 1 N–H and O–H groups in total. The summed E-state index contributed by atoms with van der Waals surface area (Å²) in [7, 11) is 0. The predicted octanol–water partition coefficient (Wildman–Crippen LogP) is 3.20. The van der Waals surface area contributed by atoms with Crippen LogP contribution in [-0.2, 0) is 0 Å². The average Bonchev–Trinajstić information content (AvgIpc) is 2.51. The Morgan fingerprint density at radius 1 is 1.29 bits per heavy atom. The maximum atomic E-state index is 11.2. The fourth-order valence-corrected chi connectivity index (χ4v) is 2.27. The van der Waals surface area contributed by atoms with Crippen LogP contribution < -0.4 is 4.90 Å². The van der Waals surface area contributed by atoms with Crippen LogP contribution >= 0.6 is 0 Å². The summed E-state index contributed by atoms with van der Waals surface area (Å²) in [4.78, 5) is 21.8. The van der Waals surface area contributed by atoms with E-state index in [1.165, 1.54) is 0 Å². The molecule has 0 amide bonds. The van der Waals surface area contributed by atoms with Gasteiger partial charge >= 0.3 is 5.97 Å². The van der Waals surface area contributed by atoms with Crippen LogP contribution in [0, 0.1) is 5.92 Å². The summed E-state index contributed by atoms with van der Waals surface area (Å²) in [5.74, 6) is -0.0133. The number of para-hydroxylation sites is 1. The Balaban J connectivity index is 2.56. The largest absolute Gasteiger partial charge is 0.475 e. The van der Waals surface area contributed by atoms with Crippen LogP contribution in [0.5, 0.6) is 0 Å². The van der Waals surface area contributed by atoms with Crippen molar-refractivity contribution in [3.05, 3.63) is 30.1 Å². The zero-order chi connectivity index (χ0) is 15.4. The normalized spacial score (nSPS) is 12.3. The van der Waals surface area contributed by atoms with Crippen LogP contribution in [0.3, 0.4) is 0 Å². The SMILES string of the molecule is CCC(C)CN(CC)c1nc(C(=O)O)nc2ccccc12. The Labute approximate surface area is 124 Å². The number of hydrogen-bond acceptors (Lipinski definition) is 4. The summed E-state index contributed by atoms with van der Waals surface area (Å²) < 4.78 is 0. The molecule has 1 heterocycles. The number of fused-ring (bicyclic) bond motifs is 1. The highest BCUT2D eigenvalue weighted by Gasteiger charge is 2.17. The van der Waals surface area contributed by atoms with Crippen LogP contribution in [-0.4, -0.2) is 34.1 Å². The molecule has 0 fully saturated rings. The number of aromatic carboxylic acids is 1. The Morgan fingerprint density at radius 3 is 2.62 bits per heavy atom. The molecule has 1 unspecified atom stereocenters. The van der Waals surface area contributed by atoms with E-state index in [0.29, 0.717) is 17.3 Å². The van der Waals surface area contributed by atoms with Crippen molar-refractivity contribution in [2.24, 2.45) is 5.92 Å². The summed E-state index contributed by atoms with van der Waals surface area (Å²) in [6.45, 7) is 8.03. The average molecular weight is 287 g/mol. The van der Waals surface area contributed by atoms with Gasteiger partial charge in [0.05, 0.1) is 5.52 Å². The van der Waals surface area contributed by atoms with Crippen molar-refractivity contribution in [3.63, 3.8) is 0 Å². The standard InChI is InChI=1S/C16H21N3O2/c1-4-11(3)10-19(5-2)15-12-8-6-7-9-13(12)17-14(18-15)16(20)21/h6-9,11H,4-5,10H2,1-3H3,(H,20,21). The van der Waals surface area contributed by atoms with E-state index in [4.69, 9.17) is 0 Å². The Kier molecular flexibility index (Phi) is 4.73. The fourth-order valence-electron chi connectivity index (χ4n) is 2.27. The fraction of sp³-hybridized carbons (Fsp3) is 0.438. The lowest BCUT2D eigenvalue weighted by atomic mass is 10.1. The van der Waals surface area contributed by atoms with Gasteiger partial charge in [0.1, 0.15) is 5.82 Å². The van der Waals surface area contributed by atoms with Crippen LogP contribution in [0.15, 0.2) is 24.3 Å². The van der Waals surface area contributed by atoms with Gasteiger partial charge in [0.2, 0.25) is 5.82 Å². The number of rotatable bonds is 6. The van der Waals surface area contributed by atoms with Crippen LogP contribution in [0.1, 0.15) is 37.8 Å². The van der Waals surface area contributed by atoms with Crippen molar-refractivity contribution < 1.29 is 9.90 Å². The van der Waals surface area contributed by atoms with Crippen molar-refractivity contribution in [1.29, 1.82) is 0 Å². The molecule has 0 aliphatic carbocycles. The molecule has 0 aliphatic rings. The minimum Gasteiger partial charge on any atom is -0.475 e. The number of aromatic nitrogens is 2. The molecular formula is C16H21N3O2. The molecule has 1 atom stereocenters. The first kappa shape index (κ1) is 15.2. The Bertz CT molecular complexity index is 642. The summed E-state index contributed by atoms with van der Waals surface area (Å²) in [6, 6.07) is 7.54. The van der Waals surface area contributed by atoms with Gasteiger partial charge in [-0.05, 0) is 25.0 Å². The third-order valence-corrected chi connectivity index (χ3v) is 3.68. The number of carboxylic acids is 1. The number of carbonyl (C=O) groups is 1. The lowest BCUT2D eigenvalue weighted by Crippen LogP contribution is -2.29. The van der Waals surface area contributed by atoms with Gasteiger partial charge in [0, 0.05) is 18.5 Å². The van der Waals surface area contributed by atoms with Crippen molar-refractivity contribution >= 4 is 22.7 Å². The highest BCUT2D eigenvalue weighted by atomic mass is 16.4. The first-order chi connectivity index (χ1) is 10.1. The van der Waals surface area contributed by atoms with E-state index < -0.39 is 5.97 Å². The quantitative estimate of drug-likeness (QED) is 0.883. The molecule has 0 saturated heterocycles. The van der Waals surface area contributed by atoms with Crippen molar-refractivity contribution in [2.75, 3.05) is 18.0 Å². The molecule has 0 spiro atoms. The van der Waals surface area contributed by atoms with Crippen LogP contribution in [0.2, 0.25) is 0 Å². The molecule has 1 aromatic carbocycles. The molecule has 1 aromatic heterocycles. The van der Waals surface area contributed by atoms with Crippen LogP contribution in [0.25, 0.3) is 10.9 Å². The minimum atomic E-state index is -1.10. The van der Waals surface area contributed by atoms with E-state index in [9.17, 15) is 9.90 Å². The maximum Gasteiger partial charge on any atom is 0.374 e. The third-order valence-electron chi connectivity index (χ3n) is 3.68. The van der Waals surface area contributed by atoms with Gasteiger partial charge in [-0.3, -0.25) is 0 Å². The van der Waals surface area contributed by atoms with E-state index in [-0.39, 0.29) is 5.82 Å². The molecule has 5 nitrogen and oxygen atoms in total. The van der Waals surface area contributed by atoms with E-state index in [1.54, 1.807) is 0 Å². The van der Waals surface area contributed by atoms with Crippen LogP contribution in [0.4, 0.5) is 5.82 Å². The third kappa shape index (κ3) is 3.29. The van der Waals surface area contributed by atoms with Gasteiger partial charge in [0.15, 0.2) is 0 Å². The van der Waals surface area contributed by atoms with E-state index in [1.807, 2.05) is 24.3 Å². The van der Waals surface area contributed by atoms with Gasteiger partial charge in [-0.1, -0.05) is 32.4 Å². The number of nitrogens with zero attached hydrogens (tertiary/aromatic N) is 3. The highest BCUT2D eigenvalue weighted by molar-refractivity contribution is 5.93. The molecule has 5 heteroatoms. The lowest BCUT2D eigenvalue weighted by molar-refractivity contribution is 0.0684.